The van der Waals surface area contributed by atoms with E-state index in [1.165, 1.54) is 30.3 Å². The highest BCUT2D eigenvalue weighted by molar-refractivity contribution is 6.33. The molecule has 0 radical (unpaired) electrons. The first-order valence-corrected chi connectivity index (χ1v) is 7.33. The molecule has 0 aliphatic rings. The van der Waals surface area contributed by atoms with E-state index in [0.717, 1.165) is 5.56 Å². The number of carboxylic acids is 1. The standard InChI is InChI=1S/C17H15ClFNO3/c1-10(8-11-2-5-13(19)6-3-11)16(21)20-15-9-12(17(22)23)4-7-14(15)18/h2-7,9-10H,8H2,1H3,(H,20,21)(H,22,23). The second kappa shape index (κ2) is 7.24. The van der Waals surface area contributed by atoms with Gasteiger partial charge in [-0.25, -0.2) is 9.18 Å². The molecule has 120 valence electrons. The summed E-state index contributed by atoms with van der Waals surface area (Å²) in [6, 6.07) is 10.0. The molecule has 0 fully saturated rings. The Morgan fingerprint density at radius 3 is 2.48 bits per heavy atom. The lowest BCUT2D eigenvalue weighted by Gasteiger charge is -2.13. The van der Waals surface area contributed by atoms with Crippen LogP contribution >= 0.6 is 11.6 Å². The van der Waals surface area contributed by atoms with E-state index in [1.54, 1.807) is 19.1 Å². The number of hydrogen-bond donors (Lipinski definition) is 2. The summed E-state index contributed by atoms with van der Waals surface area (Å²) in [4.78, 5) is 23.2. The summed E-state index contributed by atoms with van der Waals surface area (Å²) in [6.07, 6.45) is 0.433. The lowest BCUT2D eigenvalue weighted by atomic mass is 10.00. The molecule has 0 saturated carbocycles. The van der Waals surface area contributed by atoms with Gasteiger partial charge in [0.25, 0.3) is 0 Å². The van der Waals surface area contributed by atoms with Crippen molar-refractivity contribution in [2.45, 2.75) is 13.3 Å². The molecular formula is C17H15ClFNO3. The van der Waals surface area contributed by atoms with Crippen LogP contribution in [0.5, 0.6) is 0 Å². The summed E-state index contributed by atoms with van der Waals surface area (Å²) in [5, 5.41) is 11.9. The molecule has 6 heteroatoms. The molecule has 0 bridgehead atoms. The van der Waals surface area contributed by atoms with Gasteiger partial charge in [-0.05, 0) is 42.3 Å². The second-order valence-electron chi connectivity index (χ2n) is 5.22. The molecule has 0 heterocycles. The zero-order valence-corrected chi connectivity index (χ0v) is 13.1. The minimum absolute atomic E-state index is 0.0379. The van der Waals surface area contributed by atoms with Crippen molar-refractivity contribution in [3.8, 4) is 0 Å². The zero-order valence-electron chi connectivity index (χ0n) is 12.3. The topological polar surface area (TPSA) is 66.4 Å². The normalized spacial score (nSPS) is 11.8. The predicted octanol–water partition coefficient (Wildman–Crippen LogP) is 3.99. The molecule has 1 amide bonds. The quantitative estimate of drug-likeness (QED) is 0.868. The van der Waals surface area contributed by atoms with Crippen molar-refractivity contribution >= 4 is 29.2 Å². The van der Waals surface area contributed by atoms with Gasteiger partial charge >= 0.3 is 5.97 Å². The summed E-state index contributed by atoms with van der Waals surface area (Å²) < 4.78 is 12.9. The molecule has 23 heavy (non-hydrogen) atoms. The first kappa shape index (κ1) is 17.0. The Kier molecular flexibility index (Phi) is 5.34. The lowest BCUT2D eigenvalue weighted by Crippen LogP contribution is -2.22. The van der Waals surface area contributed by atoms with Crippen LogP contribution < -0.4 is 5.32 Å². The third kappa shape index (κ3) is 4.53. The molecular weight excluding hydrogens is 321 g/mol. The van der Waals surface area contributed by atoms with E-state index in [0.29, 0.717) is 6.42 Å². The summed E-state index contributed by atoms with van der Waals surface area (Å²) in [5.74, 6) is -2.11. The van der Waals surface area contributed by atoms with Crippen LogP contribution in [0.1, 0.15) is 22.8 Å². The molecule has 1 atom stereocenters. The molecule has 2 aromatic carbocycles. The van der Waals surface area contributed by atoms with Crippen molar-refractivity contribution in [2.24, 2.45) is 5.92 Å². The smallest absolute Gasteiger partial charge is 0.335 e. The number of rotatable bonds is 5. The van der Waals surface area contributed by atoms with Gasteiger partial charge in [-0.1, -0.05) is 30.7 Å². The van der Waals surface area contributed by atoms with E-state index in [9.17, 15) is 14.0 Å². The highest BCUT2D eigenvalue weighted by Crippen LogP contribution is 2.24. The van der Waals surface area contributed by atoms with E-state index >= 15 is 0 Å². The summed E-state index contributed by atoms with van der Waals surface area (Å²) in [6.45, 7) is 1.73. The minimum Gasteiger partial charge on any atom is -0.478 e. The highest BCUT2D eigenvalue weighted by atomic mass is 35.5. The van der Waals surface area contributed by atoms with Crippen molar-refractivity contribution in [1.82, 2.24) is 0 Å². The fourth-order valence-electron chi connectivity index (χ4n) is 2.08. The van der Waals surface area contributed by atoms with Crippen molar-refractivity contribution < 1.29 is 19.1 Å². The Hall–Kier alpha value is -2.40. The van der Waals surface area contributed by atoms with Crippen molar-refractivity contribution in [1.29, 1.82) is 0 Å². The predicted molar refractivity (Wildman–Crippen MR) is 86.3 cm³/mol. The molecule has 0 spiro atoms. The average Bonchev–Trinajstić information content (AvgIpc) is 2.51. The number of nitrogens with one attached hydrogen (secondary N) is 1. The maximum atomic E-state index is 12.9. The lowest BCUT2D eigenvalue weighted by molar-refractivity contribution is -0.119. The van der Waals surface area contributed by atoms with Crippen LogP contribution in [0.4, 0.5) is 10.1 Å². The SMILES string of the molecule is CC(Cc1ccc(F)cc1)C(=O)Nc1cc(C(=O)O)ccc1Cl. The van der Waals surface area contributed by atoms with E-state index in [4.69, 9.17) is 16.7 Å². The van der Waals surface area contributed by atoms with E-state index in [1.807, 2.05) is 0 Å². The van der Waals surface area contributed by atoms with E-state index in [2.05, 4.69) is 5.32 Å². The van der Waals surface area contributed by atoms with Gasteiger partial charge in [-0.2, -0.15) is 0 Å². The molecule has 2 N–H and O–H groups in total. The molecule has 0 saturated heterocycles. The fourth-order valence-corrected chi connectivity index (χ4v) is 2.24. The first-order chi connectivity index (χ1) is 10.9. The molecule has 2 rings (SSSR count). The van der Waals surface area contributed by atoms with Crippen LogP contribution in [0.15, 0.2) is 42.5 Å². The number of carbonyl (C=O) groups is 2. The maximum absolute atomic E-state index is 12.9. The maximum Gasteiger partial charge on any atom is 0.335 e. The minimum atomic E-state index is -1.10. The largest absolute Gasteiger partial charge is 0.478 e. The van der Waals surface area contributed by atoms with E-state index < -0.39 is 5.97 Å². The number of carbonyl (C=O) groups excluding carboxylic acids is 1. The molecule has 0 aliphatic carbocycles. The molecule has 4 nitrogen and oxygen atoms in total. The zero-order chi connectivity index (χ0) is 17.0. The number of aromatic carboxylic acids is 1. The van der Waals surface area contributed by atoms with Crippen LogP contribution in [0.2, 0.25) is 5.02 Å². The number of anilines is 1. The van der Waals surface area contributed by atoms with Gasteiger partial charge in [0.1, 0.15) is 5.82 Å². The average molecular weight is 336 g/mol. The number of carboxylic acid groups (broad SMARTS) is 1. The van der Waals surface area contributed by atoms with Crippen LogP contribution in [0.3, 0.4) is 0 Å². The Bertz CT molecular complexity index is 731. The summed E-state index contributed by atoms with van der Waals surface area (Å²) in [7, 11) is 0. The Morgan fingerprint density at radius 2 is 1.87 bits per heavy atom. The van der Waals surface area contributed by atoms with Gasteiger partial charge in [-0.3, -0.25) is 4.79 Å². The molecule has 0 aromatic heterocycles. The Morgan fingerprint density at radius 1 is 1.22 bits per heavy atom. The first-order valence-electron chi connectivity index (χ1n) is 6.95. The van der Waals surface area contributed by atoms with Gasteiger partial charge < -0.3 is 10.4 Å². The summed E-state index contributed by atoms with van der Waals surface area (Å²) in [5.41, 5.74) is 1.12. The fraction of sp³-hybridized carbons (Fsp3) is 0.176. The van der Waals surface area contributed by atoms with Crippen LogP contribution in [0, 0.1) is 11.7 Å². The van der Waals surface area contributed by atoms with Gasteiger partial charge in [0, 0.05) is 5.92 Å². The van der Waals surface area contributed by atoms with Gasteiger partial charge in [0.15, 0.2) is 0 Å². The van der Waals surface area contributed by atoms with Crippen molar-refractivity contribution in [3.63, 3.8) is 0 Å². The highest BCUT2D eigenvalue weighted by Gasteiger charge is 2.16. The van der Waals surface area contributed by atoms with Crippen LogP contribution in [-0.4, -0.2) is 17.0 Å². The Labute approximate surface area is 137 Å². The number of amides is 1. The molecule has 2 aromatic rings. The van der Waals surface area contributed by atoms with Gasteiger partial charge in [0.2, 0.25) is 5.91 Å². The van der Waals surface area contributed by atoms with Gasteiger partial charge in [0.05, 0.1) is 16.3 Å². The molecule has 1 unspecified atom stereocenters. The second-order valence-corrected chi connectivity index (χ2v) is 5.63. The number of halogens is 2. The van der Waals surface area contributed by atoms with Crippen molar-refractivity contribution in [2.75, 3.05) is 5.32 Å². The monoisotopic (exact) mass is 335 g/mol. The number of benzene rings is 2. The van der Waals surface area contributed by atoms with E-state index in [-0.39, 0.29) is 33.9 Å². The third-order valence-corrected chi connectivity index (χ3v) is 3.70. The number of hydrogen-bond acceptors (Lipinski definition) is 2. The summed E-state index contributed by atoms with van der Waals surface area (Å²) >= 11 is 5.98. The third-order valence-electron chi connectivity index (χ3n) is 3.37. The van der Waals surface area contributed by atoms with Gasteiger partial charge in [-0.15, -0.1) is 0 Å². The van der Waals surface area contributed by atoms with Crippen LogP contribution in [-0.2, 0) is 11.2 Å². The molecule has 0 aliphatic heterocycles. The Balaban J connectivity index is 2.07. The van der Waals surface area contributed by atoms with Crippen LogP contribution in [0.25, 0.3) is 0 Å². The van der Waals surface area contributed by atoms with Crippen molar-refractivity contribution in [3.05, 3.63) is 64.4 Å².